The highest BCUT2D eigenvalue weighted by Gasteiger charge is 2.27. The van der Waals surface area contributed by atoms with Gasteiger partial charge < -0.3 is 45.0 Å². The molecule has 3 aliphatic rings. The van der Waals surface area contributed by atoms with Crippen molar-refractivity contribution in [3.8, 4) is 22.8 Å². The number of piperidine rings is 3. The SMILES string of the molecule is C=CC(=O)N1CCC[C@@H](Cc2ncnc3[nH]c4ccc(Oc5ccccc5)cc4c(=O)c23)C1.C=CC(=O)N1CCC[C@@H](Nc2ncnc3[nH]c(-c4ccccc4)cc(=O)c23)C1.C=CC(=O)N1CCC[C@@H](Nc2ncnc3[nH]c4ccccc4c(=O)c23)C1. The third-order valence-corrected chi connectivity index (χ3v) is 15.8. The quantitative estimate of drug-likeness (QED) is 0.0565. The van der Waals surface area contributed by atoms with Crippen LogP contribution in [0.25, 0.3) is 66.2 Å². The molecular formula is C66H64N14O7. The van der Waals surface area contributed by atoms with Crippen LogP contribution in [0, 0.1) is 5.92 Å². The van der Waals surface area contributed by atoms with Crippen molar-refractivity contribution in [2.75, 3.05) is 49.9 Å². The molecule has 3 aliphatic heterocycles. The van der Waals surface area contributed by atoms with Crippen molar-refractivity contribution in [1.82, 2.24) is 59.6 Å². The highest BCUT2D eigenvalue weighted by molar-refractivity contribution is 5.97. The monoisotopic (exact) mass is 1160 g/mol. The Morgan fingerprint density at radius 2 is 1.05 bits per heavy atom. The molecule has 3 atom stereocenters. The van der Waals surface area contributed by atoms with E-state index in [1.54, 1.807) is 28.0 Å². The first-order chi connectivity index (χ1) is 42.4. The number of benzene rings is 4. The van der Waals surface area contributed by atoms with Crippen LogP contribution in [0.5, 0.6) is 11.5 Å². The van der Waals surface area contributed by atoms with Crippen LogP contribution in [0.3, 0.4) is 0 Å². The van der Waals surface area contributed by atoms with E-state index in [-0.39, 0.29) is 52.0 Å². The molecule has 440 valence electrons. The van der Waals surface area contributed by atoms with Gasteiger partial charge in [0.2, 0.25) is 28.6 Å². The van der Waals surface area contributed by atoms with Crippen LogP contribution < -0.4 is 31.7 Å². The van der Waals surface area contributed by atoms with E-state index < -0.39 is 0 Å². The number of H-pyrrole nitrogens is 3. The normalized spacial score (nSPS) is 16.7. The van der Waals surface area contributed by atoms with Gasteiger partial charge in [-0.3, -0.25) is 28.8 Å². The van der Waals surface area contributed by atoms with Gasteiger partial charge in [-0.25, -0.2) is 29.9 Å². The van der Waals surface area contributed by atoms with E-state index in [1.165, 1.54) is 37.2 Å². The smallest absolute Gasteiger partial charge is 0.246 e. The summed E-state index contributed by atoms with van der Waals surface area (Å²) in [5.41, 5.74) is 4.90. The highest BCUT2D eigenvalue weighted by atomic mass is 16.5. The van der Waals surface area contributed by atoms with Crippen LogP contribution in [0.4, 0.5) is 11.6 Å². The number of carbonyl (C=O) groups excluding carboxylic acids is 3. The zero-order valence-electron chi connectivity index (χ0n) is 47.8. The minimum atomic E-state index is -0.148. The zero-order chi connectivity index (χ0) is 60.4. The molecule has 0 spiro atoms. The first kappa shape index (κ1) is 58.1. The number of fused-ring (bicyclic) bond motifs is 5. The maximum Gasteiger partial charge on any atom is 0.246 e. The summed E-state index contributed by atoms with van der Waals surface area (Å²) in [6.07, 6.45) is 14.5. The number of pyridine rings is 3. The van der Waals surface area contributed by atoms with Gasteiger partial charge in [-0.05, 0) is 117 Å². The van der Waals surface area contributed by atoms with Crippen LogP contribution in [0.1, 0.15) is 44.2 Å². The van der Waals surface area contributed by atoms with Crippen LogP contribution in [0.15, 0.2) is 181 Å². The van der Waals surface area contributed by atoms with Gasteiger partial charge in [-0.15, -0.1) is 0 Å². The largest absolute Gasteiger partial charge is 0.457 e. The molecule has 3 saturated heterocycles. The number of nitrogens with one attached hydrogen (secondary N) is 5. The van der Waals surface area contributed by atoms with Crippen molar-refractivity contribution >= 4 is 84.3 Å². The lowest BCUT2D eigenvalue weighted by Gasteiger charge is -2.32. The summed E-state index contributed by atoms with van der Waals surface area (Å²) in [4.78, 5) is 116. The van der Waals surface area contributed by atoms with Crippen LogP contribution in [-0.2, 0) is 20.8 Å². The number of anilines is 2. The molecule has 6 aromatic heterocycles. The van der Waals surface area contributed by atoms with E-state index in [9.17, 15) is 28.8 Å². The second-order valence-electron chi connectivity index (χ2n) is 21.6. The number of amides is 3. The molecule has 0 aliphatic carbocycles. The molecule has 0 bridgehead atoms. The fraction of sp³-hybridized carbons (Fsp3) is 0.242. The summed E-state index contributed by atoms with van der Waals surface area (Å²) >= 11 is 0. The predicted octanol–water partition coefficient (Wildman–Crippen LogP) is 8.86. The molecule has 21 nitrogen and oxygen atoms in total. The summed E-state index contributed by atoms with van der Waals surface area (Å²) in [5, 5.41) is 9.16. The molecule has 87 heavy (non-hydrogen) atoms. The van der Waals surface area contributed by atoms with Crippen LogP contribution in [-0.4, -0.2) is 129 Å². The number of aromatic nitrogens is 9. The number of rotatable bonds is 12. The van der Waals surface area contributed by atoms with Gasteiger partial charge in [0.05, 0.1) is 27.8 Å². The first-order valence-electron chi connectivity index (χ1n) is 28.9. The van der Waals surface area contributed by atoms with Crippen molar-refractivity contribution in [1.29, 1.82) is 0 Å². The molecule has 21 heteroatoms. The lowest BCUT2D eigenvalue weighted by molar-refractivity contribution is -0.128. The average Bonchev–Trinajstić information content (AvgIpc) is 1.42. The molecular weight excluding hydrogens is 1100 g/mol. The fourth-order valence-corrected chi connectivity index (χ4v) is 11.6. The predicted molar refractivity (Wildman–Crippen MR) is 337 cm³/mol. The molecule has 10 aromatic rings. The van der Waals surface area contributed by atoms with Crippen molar-refractivity contribution in [2.24, 2.45) is 5.92 Å². The molecule has 0 radical (unpaired) electrons. The molecule has 3 fully saturated rings. The third-order valence-electron chi connectivity index (χ3n) is 15.8. The van der Waals surface area contributed by atoms with Gasteiger partial charge in [-0.1, -0.05) is 80.4 Å². The topological polar surface area (TPSA) is 270 Å². The number of hydrogen-bond donors (Lipinski definition) is 5. The number of para-hydroxylation sites is 2. The Labute approximate surface area is 499 Å². The van der Waals surface area contributed by atoms with E-state index in [1.807, 2.05) is 95.9 Å². The summed E-state index contributed by atoms with van der Waals surface area (Å²) in [6.45, 7) is 14.6. The number of hydrogen-bond acceptors (Lipinski definition) is 15. The summed E-state index contributed by atoms with van der Waals surface area (Å²) < 4.78 is 5.92. The Hall–Kier alpha value is -10.7. The molecule has 5 N–H and O–H groups in total. The minimum absolute atomic E-state index is 0.0175. The maximum atomic E-state index is 13.5. The van der Waals surface area contributed by atoms with Gasteiger partial charge in [0.25, 0.3) is 0 Å². The number of nitrogens with zero attached hydrogens (tertiary/aromatic N) is 9. The highest BCUT2D eigenvalue weighted by Crippen LogP contribution is 2.29. The van der Waals surface area contributed by atoms with Gasteiger partial charge in [0, 0.05) is 68.2 Å². The van der Waals surface area contributed by atoms with E-state index in [4.69, 9.17) is 4.74 Å². The lowest BCUT2D eigenvalue weighted by atomic mass is 9.92. The van der Waals surface area contributed by atoms with E-state index in [0.717, 1.165) is 62.7 Å². The zero-order valence-corrected chi connectivity index (χ0v) is 47.8. The molecule has 9 heterocycles. The minimum Gasteiger partial charge on any atom is -0.457 e. The van der Waals surface area contributed by atoms with E-state index in [2.05, 4.69) is 75.2 Å². The summed E-state index contributed by atoms with van der Waals surface area (Å²) in [7, 11) is 0. The average molecular weight is 1170 g/mol. The molecule has 3 amide bonds. The van der Waals surface area contributed by atoms with Crippen molar-refractivity contribution < 1.29 is 19.1 Å². The second kappa shape index (κ2) is 26.5. The number of ether oxygens (including phenoxy) is 1. The molecule has 4 aromatic carbocycles. The van der Waals surface area contributed by atoms with Crippen LogP contribution in [0.2, 0.25) is 0 Å². The summed E-state index contributed by atoms with van der Waals surface area (Å²) in [6, 6.07) is 33.5. The molecule has 0 saturated carbocycles. The van der Waals surface area contributed by atoms with Gasteiger partial charge in [0.1, 0.15) is 69.8 Å². The Bertz CT molecular complexity index is 4420. The van der Waals surface area contributed by atoms with Crippen molar-refractivity contribution in [2.45, 2.75) is 57.0 Å². The molecule has 0 unspecified atom stereocenters. The summed E-state index contributed by atoms with van der Waals surface area (Å²) in [5.74, 6) is 2.29. The van der Waals surface area contributed by atoms with E-state index >= 15 is 0 Å². The number of carbonyl (C=O) groups is 3. The van der Waals surface area contributed by atoms with Crippen LogP contribution >= 0.6 is 0 Å². The Kier molecular flexibility index (Phi) is 17.7. The number of aromatic amines is 3. The van der Waals surface area contributed by atoms with Crippen molar-refractivity contribution in [3.63, 3.8) is 0 Å². The standard InChI is InChI=1S/C26H24N4O3.C21H21N5O2.C19H19N5O2/c1-2-23(31)30-12-6-7-17(15-30)13-22-24-25(32)20-14-19(33-18-8-4-3-5-9-18)10-11-21(20)29-26(24)28-16-27-22;1-2-18(28)26-10-6-9-15(12-26)24-20-19-17(27)11-16(14-7-4-3-5-8-14)25-21(19)23-13-22-20;1-2-15(25)24-9-5-6-12(10-24)22-18-16-17(26)13-7-3-4-8-14(13)23-19(16)21-11-20-18/h2-5,8-11,14,16-17H,1,6-7,12-13,15H2,(H,27,28,29,32);2-5,7-8,11,13,15H,1,6,9-10,12H2,(H2,22,23,24,25,27);2-4,7-8,11-12H,1,5-6,9-10H2,(H2,20,21,22,23,26)/t17-;15-;12-/m011/s1. The van der Waals surface area contributed by atoms with Gasteiger partial charge in [-0.2, -0.15) is 0 Å². The Balaban J connectivity index is 0.000000136. The van der Waals surface area contributed by atoms with Crippen molar-refractivity contribution in [3.05, 3.63) is 203 Å². The maximum absolute atomic E-state index is 13.5. The molecule has 13 rings (SSSR count). The fourth-order valence-electron chi connectivity index (χ4n) is 11.6. The Morgan fingerprint density at radius 3 is 1.68 bits per heavy atom. The van der Waals surface area contributed by atoms with Gasteiger partial charge >= 0.3 is 0 Å². The lowest BCUT2D eigenvalue weighted by Crippen LogP contribution is -2.44. The van der Waals surface area contributed by atoms with E-state index in [0.29, 0.717) is 117 Å². The number of likely N-dealkylation sites (tertiary alicyclic amines) is 3. The Morgan fingerprint density at radius 1 is 0.529 bits per heavy atom. The first-order valence-corrected chi connectivity index (χ1v) is 28.9. The second-order valence-corrected chi connectivity index (χ2v) is 21.6. The third kappa shape index (κ3) is 13.2. The van der Waals surface area contributed by atoms with Gasteiger partial charge in [0.15, 0.2) is 5.43 Å².